The van der Waals surface area contributed by atoms with Gasteiger partial charge in [0.15, 0.2) is 0 Å². The number of aromatic nitrogens is 4. The van der Waals surface area contributed by atoms with E-state index in [-0.39, 0.29) is 24.5 Å². The van der Waals surface area contributed by atoms with E-state index in [4.69, 9.17) is 14.2 Å². The Balaban J connectivity index is 1.38. The van der Waals surface area contributed by atoms with E-state index in [1.165, 1.54) is 6.42 Å². The summed E-state index contributed by atoms with van der Waals surface area (Å²) in [6, 6.07) is 9.64. The highest BCUT2D eigenvalue weighted by Gasteiger charge is 2.28. The van der Waals surface area contributed by atoms with E-state index in [1.54, 1.807) is 12.3 Å². The summed E-state index contributed by atoms with van der Waals surface area (Å²) in [6.07, 6.45) is 7.00. The molecule has 0 bridgehead atoms. The quantitative estimate of drug-likeness (QED) is 0.451. The zero-order valence-corrected chi connectivity index (χ0v) is 19.5. The molecule has 1 saturated carbocycles. The Kier molecular flexibility index (Phi) is 5.46. The van der Waals surface area contributed by atoms with Crippen LogP contribution in [0.1, 0.15) is 68.1 Å². The van der Waals surface area contributed by atoms with Crippen LogP contribution in [0.3, 0.4) is 0 Å². The summed E-state index contributed by atoms with van der Waals surface area (Å²) < 4.78 is 13.3. The van der Waals surface area contributed by atoms with Gasteiger partial charge >= 0.3 is 0 Å². The van der Waals surface area contributed by atoms with E-state index in [9.17, 15) is 10.1 Å². The second kappa shape index (κ2) is 8.78. The summed E-state index contributed by atoms with van der Waals surface area (Å²) in [6.45, 7) is 2.71. The van der Waals surface area contributed by atoms with Crippen molar-refractivity contribution in [3.8, 4) is 6.07 Å². The zero-order valence-electron chi connectivity index (χ0n) is 19.5. The van der Waals surface area contributed by atoms with Gasteiger partial charge in [0.05, 0.1) is 47.1 Å². The van der Waals surface area contributed by atoms with Crippen molar-refractivity contribution >= 4 is 33.7 Å². The second-order valence-corrected chi connectivity index (χ2v) is 9.56. The average Bonchev–Trinajstić information content (AvgIpc) is 3.41. The monoisotopic (exact) mass is 470 g/mol. The molecule has 4 heterocycles. The predicted octanol–water partition coefficient (Wildman–Crippen LogP) is 4.63. The lowest BCUT2D eigenvalue weighted by Gasteiger charge is -2.30. The van der Waals surface area contributed by atoms with Gasteiger partial charge in [0.2, 0.25) is 11.8 Å². The van der Waals surface area contributed by atoms with E-state index < -0.39 is 0 Å². The molecule has 2 atom stereocenters. The third kappa shape index (κ3) is 4.04. The average molecular weight is 471 g/mol. The van der Waals surface area contributed by atoms with E-state index in [2.05, 4.69) is 33.0 Å². The zero-order chi connectivity index (χ0) is 23.9. The SMILES string of the molecule is C[C@@H]1C[C@H](n2c(CC(=O)Nc3cc(C4CCC4)no3)nc3cnc4ccc(C#N)cc4c32)CCO1. The molecule has 1 aliphatic heterocycles. The highest BCUT2D eigenvalue weighted by atomic mass is 16.5. The first-order valence-corrected chi connectivity index (χ1v) is 12.2. The summed E-state index contributed by atoms with van der Waals surface area (Å²) in [5.41, 5.74) is 3.87. The van der Waals surface area contributed by atoms with Crippen molar-refractivity contribution in [1.82, 2.24) is 19.7 Å². The lowest BCUT2D eigenvalue weighted by Crippen LogP contribution is -2.27. The van der Waals surface area contributed by atoms with Crippen LogP contribution in [0.15, 0.2) is 35.0 Å². The molecule has 1 N–H and O–H groups in total. The molecule has 2 aliphatic rings. The third-order valence-electron chi connectivity index (χ3n) is 7.17. The lowest BCUT2D eigenvalue weighted by molar-refractivity contribution is -0.115. The number of hydrogen-bond donors (Lipinski definition) is 1. The van der Waals surface area contributed by atoms with Crippen LogP contribution < -0.4 is 5.32 Å². The minimum absolute atomic E-state index is 0.0827. The molecule has 1 amide bonds. The fourth-order valence-electron chi connectivity index (χ4n) is 5.19. The van der Waals surface area contributed by atoms with Crippen molar-refractivity contribution < 1.29 is 14.1 Å². The van der Waals surface area contributed by atoms with Gasteiger partial charge in [0.1, 0.15) is 11.3 Å². The van der Waals surface area contributed by atoms with E-state index >= 15 is 0 Å². The number of carbonyl (C=O) groups excluding carboxylic acids is 1. The van der Waals surface area contributed by atoms with Gasteiger partial charge in [-0.15, -0.1) is 0 Å². The number of nitrogens with zero attached hydrogens (tertiary/aromatic N) is 5. The first kappa shape index (κ1) is 21.7. The van der Waals surface area contributed by atoms with Gasteiger partial charge in [0, 0.05) is 30.0 Å². The van der Waals surface area contributed by atoms with Gasteiger partial charge in [-0.3, -0.25) is 15.1 Å². The van der Waals surface area contributed by atoms with E-state index in [1.807, 2.05) is 18.2 Å². The first-order chi connectivity index (χ1) is 17.1. The van der Waals surface area contributed by atoms with Crippen molar-refractivity contribution in [2.75, 3.05) is 11.9 Å². The maximum atomic E-state index is 13.0. The molecule has 178 valence electrons. The maximum absolute atomic E-state index is 13.0. The standard InChI is InChI=1S/C26H26N6O3/c1-15-9-18(7-8-34-15)32-23(12-24(33)30-25-11-21(31-35-25)17-3-2-4-17)29-22-14-28-20-6-5-16(13-27)10-19(20)26(22)32/h5-6,10-11,14-15,17-18H,2-4,7-9,12H2,1H3,(H,30,33)/t15-,18-/m1/s1. The molecule has 3 aromatic heterocycles. The smallest absolute Gasteiger partial charge is 0.234 e. The summed E-state index contributed by atoms with van der Waals surface area (Å²) in [5, 5.41) is 17.3. The number of nitriles is 1. The number of amides is 1. The number of fused-ring (bicyclic) bond motifs is 3. The Hall–Kier alpha value is -3.77. The van der Waals surface area contributed by atoms with Crippen LogP contribution in [0, 0.1) is 11.3 Å². The van der Waals surface area contributed by atoms with Crippen LogP contribution >= 0.6 is 0 Å². The number of hydrogen-bond acceptors (Lipinski definition) is 7. The van der Waals surface area contributed by atoms with Crippen LogP contribution in [-0.4, -0.2) is 38.3 Å². The molecule has 35 heavy (non-hydrogen) atoms. The third-order valence-corrected chi connectivity index (χ3v) is 7.17. The predicted molar refractivity (Wildman–Crippen MR) is 129 cm³/mol. The molecule has 0 radical (unpaired) electrons. The van der Waals surface area contributed by atoms with Gasteiger partial charge in [0.25, 0.3) is 0 Å². The topological polar surface area (TPSA) is 119 Å². The number of carbonyl (C=O) groups is 1. The van der Waals surface area contributed by atoms with Crippen molar-refractivity contribution in [2.45, 2.75) is 63.5 Å². The summed E-state index contributed by atoms with van der Waals surface area (Å²) in [7, 11) is 0. The summed E-state index contributed by atoms with van der Waals surface area (Å²) in [5.74, 6) is 1.24. The van der Waals surface area contributed by atoms with Crippen LogP contribution in [-0.2, 0) is 16.0 Å². The van der Waals surface area contributed by atoms with Gasteiger partial charge < -0.3 is 13.8 Å². The Labute approximate surface area is 202 Å². The minimum Gasteiger partial charge on any atom is -0.378 e. The van der Waals surface area contributed by atoms with Crippen molar-refractivity contribution in [3.05, 3.63) is 47.5 Å². The Morgan fingerprint density at radius 3 is 2.91 bits per heavy atom. The Morgan fingerprint density at radius 1 is 1.26 bits per heavy atom. The fraction of sp³-hybridized carbons (Fsp3) is 0.423. The number of pyridine rings is 1. The highest BCUT2D eigenvalue weighted by molar-refractivity contribution is 6.03. The Bertz CT molecular complexity index is 1460. The summed E-state index contributed by atoms with van der Waals surface area (Å²) in [4.78, 5) is 22.4. The number of anilines is 1. The van der Waals surface area contributed by atoms with Crippen LogP contribution in [0.4, 0.5) is 5.88 Å². The second-order valence-electron chi connectivity index (χ2n) is 9.56. The van der Waals surface area contributed by atoms with Crippen molar-refractivity contribution in [2.24, 2.45) is 0 Å². The fourth-order valence-corrected chi connectivity index (χ4v) is 5.19. The summed E-state index contributed by atoms with van der Waals surface area (Å²) >= 11 is 0. The van der Waals surface area contributed by atoms with E-state index in [0.29, 0.717) is 35.3 Å². The van der Waals surface area contributed by atoms with Gasteiger partial charge in [-0.2, -0.15) is 5.26 Å². The maximum Gasteiger partial charge on any atom is 0.234 e. The van der Waals surface area contributed by atoms with Gasteiger partial charge in [-0.1, -0.05) is 11.6 Å². The van der Waals surface area contributed by atoms with Crippen LogP contribution in [0.5, 0.6) is 0 Å². The molecule has 4 aromatic rings. The molecular formula is C26H26N6O3. The molecule has 6 rings (SSSR count). The Morgan fingerprint density at radius 2 is 2.14 bits per heavy atom. The number of imidazole rings is 1. The van der Waals surface area contributed by atoms with Crippen molar-refractivity contribution in [3.63, 3.8) is 0 Å². The van der Waals surface area contributed by atoms with Crippen LogP contribution in [0.25, 0.3) is 21.9 Å². The lowest BCUT2D eigenvalue weighted by atomic mass is 9.83. The molecule has 1 aromatic carbocycles. The highest BCUT2D eigenvalue weighted by Crippen LogP contribution is 2.37. The van der Waals surface area contributed by atoms with Gasteiger partial charge in [-0.05, 0) is 50.8 Å². The number of ether oxygens (including phenoxy) is 1. The minimum atomic E-state index is -0.215. The molecule has 9 nitrogen and oxygen atoms in total. The number of nitrogens with one attached hydrogen (secondary N) is 1. The van der Waals surface area contributed by atoms with Crippen molar-refractivity contribution in [1.29, 1.82) is 5.26 Å². The first-order valence-electron chi connectivity index (χ1n) is 12.2. The molecule has 1 aliphatic carbocycles. The molecular weight excluding hydrogens is 444 g/mol. The molecule has 0 unspecified atom stereocenters. The van der Waals surface area contributed by atoms with Crippen LogP contribution in [0.2, 0.25) is 0 Å². The molecule has 9 heteroatoms. The molecule has 0 spiro atoms. The van der Waals surface area contributed by atoms with Gasteiger partial charge in [-0.25, -0.2) is 4.98 Å². The largest absolute Gasteiger partial charge is 0.378 e. The molecule has 2 fully saturated rings. The number of rotatable bonds is 5. The normalized spacial score (nSPS) is 20.6. The molecule has 1 saturated heterocycles. The number of benzene rings is 1. The van der Waals surface area contributed by atoms with E-state index in [0.717, 1.165) is 47.8 Å².